The maximum Gasteiger partial charge on any atom is 0.0669 e. The molecule has 0 spiro atoms. The van der Waals surface area contributed by atoms with Crippen molar-refractivity contribution in [3.8, 4) is 6.07 Å². The molecule has 0 unspecified atom stereocenters. The Balaban J connectivity index is 3.20. The Morgan fingerprint density at radius 1 is 1.42 bits per heavy atom. The van der Waals surface area contributed by atoms with Gasteiger partial charge in [-0.25, -0.2) is 0 Å². The van der Waals surface area contributed by atoms with Crippen LogP contribution in [0.3, 0.4) is 0 Å². The molecule has 0 fully saturated rings. The summed E-state index contributed by atoms with van der Waals surface area (Å²) in [5.74, 6) is 0. The first-order chi connectivity index (χ1) is 5.65. The van der Waals surface area contributed by atoms with Crippen molar-refractivity contribution in [2.24, 2.45) is 0 Å². The first-order valence-corrected chi connectivity index (χ1v) is 4.15. The molecule has 0 aliphatic heterocycles. The highest BCUT2D eigenvalue weighted by atomic mass is 35.5. The molecule has 0 N–H and O–H groups in total. The standard InChI is InChI=1S/C10H10ClN/c1-7-5-9(3-4-12)8(2)10(11)6-7/h5-6H,3H2,1-2H3. The van der Waals surface area contributed by atoms with Gasteiger partial charge in [0.15, 0.2) is 0 Å². The Hall–Kier alpha value is -1.00. The van der Waals surface area contributed by atoms with E-state index in [9.17, 15) is 0 Å². The summed E-state index contributed by atoms with van der Waals surface area (Å²) in [5, 5.41) is 9.28. The molecular weight excluding hydrogens is 170 g/mol. The second kappa shape index (κ2) is 3.60. The lowest BCUT2D eigenvalue weighted by Crippen LogP contribution is -1.89. The lowest BCUT2D eigenvalue weighted by atomic mass is 10.0. The fraction of sp³-hybridized carbons (Fsp3) is 0.300. The normalized spacial score (nSPS) is 9.50. The molecule has 0 bridgehead atoms. The molecule has 0 saturated carbocycles. The summed E-state index contributed by atoms with van der Waals surface area (Å²) in [4.78, 5) is 0. The zero-order valence-corrected chi connectivity index (χ0v) is 7.94. The minimum atomic E-state index is 0.438. The van der Waals surface area contributed by atoms with Gasteiger partial charge in [-0.1, -0.05) is 17.7 Å². The fourth-order valence-electron chi connectivity index (χ4n) is 1.16. The minimum absolute atomic E-state index is 0.438. The molecule has 1 rings (SSSR count). The molecule has 0 aliphatic rings. The molecule has 1 aromatic carbocycles. The second-order valence-corrected chi connectivity index (χ2v) is 3.27. The SMILES string of the molecule is Cc1cc(Cl)c(C)c(CC#N)c1. The maximum atomic E-state index is 8.53. The van der Waals surface area contributed by atoms with Crippen molar-refractivity contribution < 1.29 is 0 Å². The highest BCUT2D eigenvalue weighted by Gasteiger charge is 2.02. The number of aryl methyl sites for hydroxylation is 1. The minimum Gasteiger partial charge on any atom is -0.198 e. The van der Waals surface area contributed by atoms with Gasteiger partial charge in [0.05, 0.1) is 12.5 Å². The van der Waals surface area contributed by atoms with Crippen LogP contribution in [0.5, 0.6) is 0 Å². The summed E-state index contributed by atoms with van der Waals surface area (Å²) < 4.78 is 0. The van der Waals surface area contributed by atoms with Gasteiger partial charge in [-0.15, -0.1) is 0 Å². The number of rotatable bonds is 1. The highest BCUT2D eigenvalue weighted by Crippen LogP contribution is 2.21. The van der Waals surface area contributed by atoms with E-state index < -0.39 is 0 Å². The predicted molar refractivity (Wildman–Crippen MR) is 50.2 cm³/mol. The van der Waals surface area contributed by atoms with Crippen molar-refractivity contribution in [2.75, 3.05) is 0 Å². The van der Waals surface area contributed by atoms with E-state index in [0.717, 1.165) is 21.7 Å². The van der Waals surface area contributed by atoms with Crippen molar-refractivity contribution in [1.29, 1.82) is 5.26 Å². The lowest BCUT2D eigenvalue weighted by Gasteiger charge is -2.05. The van der Waals surface area contributed by atoms with E-state index in [-0.39, 0.29) is 0 Å². The lowest BCUT2D eigenvalue weighted by molar-refractivity contribution is 1.20. The largest absolute Gasteiger partial charge is 0.198 e. The quantitative estimate of drug-likeness (QED) is 0.650. The predicted octanol–water partition coefficient (Wildman–Crippen LogP) is 3.02. The van der Waals surface area contributed by atoms with Crippen LogP contribution in [0.25, 0.3) is 0 Å². The summed E-state index contributed by atoms with van der Waals surface area (Å²) >= 11 is 5.95. The van der Waals surface area contributed by atoms with Crippen molar-refractivity contribution in [3.63, 3.8) is 0 Å². The maximum absolute atomic E-state index is 8.53. The molecule has 2 heteroatoms. The Morgan fingerprint density at radius 2 is 2.08 bits per heavy atom. The van der Waals surface area contributed by atoms with E-state index in [1.807, 2.05) is 26.0 Å². The van der Waals surface area contributed by atoms with Gasteiger partial charge in [-0.2, -0.15) is 5.26 Å². The third-order valence-corrected chi connectivity index (χ3v) is 2.26. The number of benzene rings is 1. The van der Waals surface area contributed by atoms with Crippen LogP contribution < -0.4 is 0 Å². The van der Waals surface area contributed by atoms with Gasteiger partial charge in [0.25, 0.3) is 0 Å². The topological polar surface area (TPSA) is 23.8 Å². The number of nitrogens with zero attached hydrogens (tertiary/aromatic N) is 1. The van der Waals surface area contributed by atoms with Crippen LogP contribution in [-0.2, 0) is 6.42 Å². The highest BCUT2D eigenvalue weighted by molar-refractivity contribution is 6.31. The average Bonchev–Trinajstić information content (AvgIpc) is 2.00. The summed E-state index contributed by atoms with van der Waals surface area (Å²) in [6.45, 7) is 3.92. The second-order valence-electron chi connectivity index (χ2n) is 2.87. The molecular formula is C10H10ClN. The molecule has 62 valence electrons. The molecule has 1 nitrogen and oxygen atoms in total. The molecule has 0 amide bonds. The summed E-state index contributed by atoms with van der Waals surface area (Å²) in [6.07, 6.45) is 0.438. The third kappa shape index (κ3) is 1.78. The van der Waals surface area contributed by atoms with Gasteiger partial charge in [-0.05, 0) is 36.6 Å². The van der Waals surface area contributed by atoms with E-state index in [0.29, 0.717) is 6.42 Å². The first kappa shape index (κ1) is 9.09. The Bertz CT molecular complexity index is 336. The van der Waals surface area contributed by atoms with Crippen LogP contribution in [0.1, 0.15) is 16.7 Å². The van der Waals surface area contributed by atoms with Crippen molar-refractivity contribution in [3.05, 3.63) is 33.8 Å². The number of nitriles is 1. The number of hydrogen-bond donors (Lipinski definition) is 0. The number of halogens is 1. The monoisotopic (exact) mass is 179 g/mol. The zero-order chi connectivity index (χ0) is 9.14. The molecule has 0 saturated heterocycles. The van der Waals surface area contributed by atoms with Crippen LogP contribution in [0.4, 0.5) is 0 Å². The van der Waals surface area contributed by atoms with Crippen molar-refractivity contribution >= 4 is 11.6 Å². The Labute approximate surface area is 77.6 Å². The average molecular weight is 180 g/mol. The Morgan fingerprint density at radius 3 is 2.67 bits per heavy atom. The van der Waals surface area contributed by atoms with Gasteiger partial charge >= 0.3 is 0 Å². The Kier molecular flexibility index (Phi) is 2.73. The molecule has 0 radical (unpaired) electrons. The van der Waals surface area contributed by atoms with Crippen LogP contribution in [0.15, 0.2) is 12.1 Å². The van der Waals surface area contributed by atoms with Gasteiger partial charge in [0.2, 0.25) is 0 Å². The molecule has 0 atom stereocenters. The van der Waals surface area contributed by atoms with Gasteiger partial charge < -0.3 is 0 Å². The smallest absolute Gasteiger partial charge is 0.0669 e. The van der Waals surface area contributed by atoms with E-state index >= 15 is 0 Å². The summed E-state index contributed by atoms with van der Waals surface area (Å²) in [7, 11) is 0. The summed E-state index contributed by atoms with van der Waals surface area (Å²) in [6, 6.07) is 6.04. The number of hydrogen-bond acceptors (Lipinski definition) is 1. The van der Waals surface area contributed by atoms with E-state index in [2.05, 4.69) is 6.07 Å². The van der Waals surface area contributed by atoms with Crippen LogP contribution in [0, 0.1) is 25.2 Å². The van der Waals surface area contributed by atoms with Crippen LogP contribution in [-0.4, -0.2) is 0 Å². The molecule has 12 heavy (non-hydrogen) atoms. The molecule has 0 heterocycles. The molecule has 1 aromatic rings. The molecule has 0 aliphatic carbocycles. The van der Waals surface area contributed by atoms with Gasteiger partial charge in [0.1, 0.15) is 0 Å². The van der Waals surface area contributed by atoms with Gasteiger partial charge in [-0.3, -0.25) is 0 Å². The van der Waals surface area contributed by atoms with Crippen molar-refractivity contribution in [1.82, 2.24) is 0 Å². The van der Waals surface area contributed by atoms with Crippen LogP contribution >= 0.6 is 11.6 Å². The van der Waals surface area contributed by atoms with Crippen molar-refractivity contribution in [2.45, 2.75) is 20.3 Å². The van der Waals surface area contributed by atoms with Gasteiger partial charge in [0, 0.05) is 5.02 Å². The third-order valence-electron chi connectivity index (χ3n) is 1.87. The van der Waals surface area contributed by atoms with E-state index in [4.69, 9.17) is 16.9 Å². The van der Waals surface area contributed by atoms with E-state index in [1.165, 1.54) is 0 Å². The fourth-order valence-corrected chi connectivity index (χ4v) is 1.45. The van der Waals surface area contributed by atoms with Crippen LogP contribution in [0.2, 0.25) is 5.02 Å². The molecule has 0 aromatic heterocycles. The first-order valence-electron chi connectivity index (χ1n) is 3.77. The van der Waals surface area contributed by atoms with E-state index in [1.54, 1.807) is 0 Å². The summed E-state index contributed by atoms with van der Waals surface area (Å²) in [5.41, 5.74) is 3.15. The zero-order valence-electron chi connectivity index (χ0n) is 7.19.